The Morgan fingerprint density at radius 2 is 2.27 bits per heavy atom. The minimum Gasteiger partial charge on any atom is -0.354 e. The minimum atomic E-state index is 0.0277. The van der Waals surface area contributed by atoms with E-state index in [0.717, 1.165) is 19.4 Å². The molecule has 64 valence electrons. The number of hydrogen-bond acceptors (Lipinski definition) is 2. The summed E-state index contributed by atoms with van der Waals surface area (Å²) in [6.45, 7) is 3.00. The van der Waals surface area contributed by atoms with Gasteiger partial charge in [-0.15, -0.1) is 0 Å². The molecule has 0 aromatic rings. The van der Waals surface area contributed by atoms with Gasteiger partial charge in [-0.25, -0.2) is 0 Å². The van der Waals surface area contributed by atoms with Gasteiger partial charge in [0.05, 0.1) is 6.04 Å². The number of nitrogens with one attached hydrogen (secondary N) is 2. The molecule has 1 heterocycles. The van der Waals surface area contributed by atoms with Gasteiger partial charge in [0, 0.05) is 6.54 Å². The van der Waals surface area contributed by atoms with Gasteiger partial charge in [-0.1, -0.05) is 6.92 Å². The Kier molecular flexibility index (Phi) is 2.88. The molecule has 2 unspecified atom stereocenters. The van der Waals surface area contributed by atoms with Crippen LogP contribution in [-0.2, 0) is 4.79 Å². The topological polar surface area (TPSA) is 41.1 Å². The quantitative estimate of drug-likeness (QED) is 0.566. The second-order valence-corrected chi connectivity index (χ2v) is 3.27. The third-order valence-electron chi connectivity index (χ3n) is 2.24. The Bertz CT molecular complexity index is 147. The Morgan fingerprint density at radius 1 is 1.55 bits per heavy atom. The number of rotatable bonds is 1. The smallest absolute Gasteiger partial charge is 0.237 e. The van der Waals surface area contributed by atoms with E-state index in [9.17, 15) is 4.79 Å². The van der Waals surface area contributed by atoms with Gasteiger partial charge < -0.3 is 10.6 Å². The fourth-order valence-electron chi connectivity index (χ4n) is 1.36. The van der Waals surface area contributed by atoms with Crippen LogP contribution in [0.3, 0.4) is 0 Å². The zero-order valence-corrected chi connectivity index (χ0v) is 7.18. The van der Waals surface area contributed by atoms with Crippen molar-refractivity contribution < 1.29 is 4.79 Å². The third kappa shape index (κ3) is 2.19. The molecule has 0 saturated carbocycles. The summed E-state index contributed by atoms with van der Waals surface area (Å²) < 4.78 is 0. The van der Waals surface area contributed by atoms with Crippen molar-refractivity contribution in [2.24, 2.45) is 5.92 Å². The highest BCUT2D eigenvalue weighted by molar-refractivity contribution is 5.81. The average Bonchev–Trinajstić information content (AvgIpc) is 2.15. The maximum Gasteiger partial charge on any atom is 0.237 e. The average molecular weight is 156 g/mol. The molecule has 1 aliphatic heterocycles. The van der Waals surface area contributed by atoms with Crippen LogP contribution in [0.1, 0.15) is 19.8 Å². The van der Waals surface area contributed by atoms with E-state index in [4.69, 9.17) is 0 Å². The Hall–Kier alpha value is -0.570. The second-order valence-electron chi connectivity index (χ2n) is 3.27. The van der Waals surface area contributed by atoms with Gasteiger partial charge in [-0.05, 0) is 25.8 Å². The fourth-order valence-corrected chi connectivity index (χ4v) is 1.36. The summed E-state index contributed by atoms with van der Waals surface area (Å²) in [4.78, 5) is 11.2. The zero-order chi connectivity index (χ0) is 8.27. The Morgan fingerprint density at radius 3 is 2.91 bits per heavy atom. The van der Waals surface area contributed by atoms with Crippen LogP contribution in [-0.4, -0.2) is 25.5 Å². The van der Waals surface area contributed by atoms with Crippen molar-refractivity contribution in [3.05, 3.63) is 0 Å². The minimum absolute atomic E-state index is 0.0277. The lowest BCUT2D eigenvalue weighted by molar-refractivity contribution is -0.122. The highest BCUT2D eigenvalue weighted by Crippen LogP contribution is 2.10. The van der Waals surface area contributed by atoms with E-state index in [1.807, 2.05) is 7.05 Å². The first kappa shape index (κ1) is 8.53. The standard InChI is InChI=1S/C8H16N2O/c1-6-3-4-7(9-2)8(11)10-5-6/h6-7,9H,3-5H2,1-2H3,(H,10,11). The summed E-state index contributed by atoms with van der Waals surface area (Å²) in [5.41, 5.74) is 0. The summed E-state index contributed by atoms with van der Waals surface area (Å²) in [6.07, 6.45) is 2.09. The molecule has 11 heavy (non-hydrogen) atoms. The molecule has 0 radical (unpaired) electrons. The molecule has 1 aliphatic rings. The lowest BCUT2D eigenvalue weighted by Crippen LogP contribution is -2.41. The lowest BCUT2D eigenvalue weighted by atomic mass is 10.0. The highest BCUT2D eigenvalue weighted by atomic mass is 16.2. The molecular weight excluding hydrogens is 140 g/mol. The van der Waals surface area contributed by atoms with E-state index < -0.39 is 0 Å². The second kappa shape index (κ2) is 3.72. The van der Waals surface area contributed by atoms with Gasteiger partial charge in [0.2, 0.25) is 5.91 Å². The van der Waals surface area contributed by atoms with Gasteiger partial charge >= 0.3 is 0 Å². The van der Waals surface area contributed by atoms with Crippen LogP contribution >= 0.6 is 0 Å². The summed E-state index contributed by atoms with van der Waals surface area (Å²) in [7, 11) is 1.83. The van der Waals surface area contributed by atoms with Crippen LogP contribution < -0.4 is 10.6 Å². The van der Waals surface area contributed by atoms with E-state index in [0.29, 0.717) is 5.92 Å². The van der Waals surface area contributed by atoms with Gasteiger partial charge in [0.15, 0.2) is 0 Å². The monoisotopic (exact) mass is 156 g/mol. The fraction of sp³-hybridized carbons (Fsp3) is 0.875. The van der Waals surface area contributed by atoms with Crippen LogP contribution in [0.5, 0.6) is 0 Å². The van der Waals surface area contributed by atoms with Crippen molar-refractivity contribution in [3.8, 4) is 0 Å². The molecule has 1 saturated heterocycles. The van der Waals surface area contributed by atoms with Crippen LogP contribution in [0.15, 0.2) is 0 Å². The summed E-state index contributed by atoms with van der Waals surface area (Å²) in [5.74, 6) is 0.772. The molecule has 1 rings (SSSR count). The molecule has 3 nitrogen and oxygen atoms in total. The van der Waals surface area contributed by atoms with Gasteiger partial charge in [0.25, 0.3) is 0 Å². The molecule has 1 fully saturated rings. The van der Waals surface area contributed by atoms with Gasteiger partial charge in [-0.2, -0.15) is 0 Å². The summed E-state index contributed by atoms with van der Waals surface area (Å²) in [6, 6.07) is 0.0277. The lowest BCUT2D eigenvalue weighted by Gasteiger charge is -2.10. The van der Waals surface area contributed by atoms with Crippen molar-refractivity contribution in [3.63, 3.8) is 0 Å². The van der Waals surface area contributed by atoms with E-state index in [2.05, 4.69) is 17.6 Å². The van der Waals surface area contributed by atoms with E-state index in [-0.39, 0.29) is 11.9 Å². The van der Waals surface area contributed by atoms with Crippen LogP contribution in [0, 0.1) is 5.92 Å². The number of hydrogen-bond donors (Lipinski definition) is 2. The molecule has 2 atom stereocenters. The van der Waals surface area contributed by atoms with Crippen LogP contribution in [0.25, 0.3) is 0 Å². The molecular formula is C8H16N2O. The molecule has 0 aromatic carbocycles. The molecule has 3 heteroatoms. The van der Waals surface area contributed by atoms with Crippen LogP contribution in [0.4, 0.5) is 0 Å². The number of carbonyl (C=O) groups excluding carboxylic acids is 1. The highest BCUT2D eigenvalue weighted by Gasteiger charge is 2.20. The first-order chi connectivity index (χ1) is 5.24. The maximum atomic E-state index is 11.2. The summed E-state index contributed by atoms with van der Waals surface area (Å²) in [5, 5.41) is 5.90. The van der Waals surface area contributed by atoms with Crippen LogP contribution in [0.2, 0.25) is 0 Å². The maximum absolute atomic E-state index is 11.2. The molecule has 0 bridgehead atoms. The van der Waals surface area contributed by atoms with E-state index in [1.54, 1.807) is 0 Å². The largest absolute Gasteiger partial charge is 0.354 e. The van der Waals surface area contributed by atoms with Crippen molar-refractivity contribution in [1.82, 2.24) is 10.6 Å². The molecule has 0 aromatic heterocycles. The van der Waals surface area contributed by atoms with Gasteiger partial charge in [-0.3, -0.25) is 4.79 Å². The normalized spacial score (nSPS) is 32.7. The first-order valence-electron chi connectivity index (χ1n) is 4.19. The van der Waals surface area contributed by atoms with E-state index in [1.165, 1.54) is 0 Å². The van der Waals surface area contributed by atoms with Crippen molar-refractivity contribution in [1.29, 1.82) is 0 Å². The van der Waals surface area contributed by atoms with E-state index >= 15 is 0 Å². The SMILES string of the molecule is CNC1CCC(C)CNC1=O. The number of amides is 1. The predicted molar refractivity (Wildman–Crippen MR) is 44.3 cm³/mol. The summed E-state index contributed by atoms with van der Waals surface area (Å²) >= 11 is 0. The van der Waals surface area contributed by atoms with Crippen molar-refractivity contribution in [2.75, 3.05) is 13.6 Å². The number of carbonyl (C=O) groups is 1. The van der Waals surface area contributed by atoms with Gasteiger partial charge in [0.1, 0.15) is 0 Å². The molecule has 1 amide bonds. The number of likely N-dealkylation sites (N-methyl/N-ethyl adjacent to an activating group) is 1. The zero-order valence-electron chi connectivity index (χ0n) is 7.18. The molecule has 0 spiro atoms. The Labute approximate surface area is 67.5 Å². The Balaban J connectivity index is 2.48. The molecule has 2 N–H and O–H groups in total. The first-order valence-corrected chi connectivity index (χ1v) is 4.19. The van der Waals surface area contributed by atoms with Crippen molar-refractivity contribution in [2.45, 2.75) is 25.8 Å². The molecule has 0 aliphatic carbocycles. The van der Waals surface area contributed by atoms with Crippen molar-refractivity contribution >= 4 is 5.91 Å². The third-order valence-corrected chi connectivity index (χ3v) is 2.24. The predicted octanol–water partition coefficient (Wildman–Crippen LogP) is 0.120.